The van der Waals surface area contributed by atoms with Gasteiger partial charge in [-0.1, -0.05) is 11.3 Å². The number of aryl methyl sites for hydroxylation is 1. The highest BCUT2D eigenvalue weighted by Crippen LogP contribution is 2.34. The van der Waals surface area contributed by atoms with Gasteiger partial charge in [0.05, 0.1) is 0 Å². The number of nitrogens with two attached hydrogens (primary N) is 1. The van der Waals surface area contributed by atoms with Gasteiger partial charge in [0.1, 0.15) is 21.9 Å². The monoisotopic (exact) mass is 248 g/mol. The molecule has 0 radical (unpaired) electrons. The van der Waals surface area contributed by atoms with E-state index in [0.717, 1.165) is 5.01 Å². The Morgan fingerprint density at radius 2 is 2.24 bits per heavy atom. The molecule has 8 heteroatoms. The summed E-state index contributed by atoms with van der Waals surface area (Å²) < 4.78 is 1.33. The predicted molar refractivity (Wildman–Crippen MR) is 62.7 cm³/mol. The predicted octanol–water partition coefficient (Wildman–Crippen LogP) is 0.844. The molecule has 0 amide bonds. The van der Waals surface area contributed by atoms with Gasteiger partial charge in [-0.3, -0.25) is 0 Å². The fourth-order valence-corrected chi connectivity index (χ4v) is 2.33. The van der Waals surface area contributed by atoms with Crippen molar-refractivity contribution in [2.45, 2.75) is 6.92 Å². The fourth-order valence-electron chi connectivity index (χ4n) is 1.62. The minimum Gasteiger partial charge on any atom is -0.493 e. The van der Waals surface area contributed by atoms with E-state index < -0.39 is 0 Å². The molecule has 0 unspecified atom stereocenters. The molecule has 0 saturated heterocycles. The molecule has 3 heterocycles. The van der Waals surface area contributed by atoms with Crippen molar-refractivity contribution >= 4 is 22.7 Å². The van der Waals surface area contributed by atoms with Crippen LogP contribution in [0.1, 0.15) is 5.01 Å². The zero-order valence-corrected chi connectivity index (χ0v) is 9.64. The number of nitrogens with zero attached hydrogens (tertiary/aromatic N) is 5. The first kappa shape index (κ1) is 9.97. The van der Waals surface area contributed by atoms with E-state index in [1.54, 1.807) is 6.07 Å². The summed E-state index contributed by atoms with van der Waals surface area (Å²) in [4.78, 5) is 3.90. The average Bonchev–Trinajstić information content (AvgIpc) is 2.85. The number of anilines is 1. The lowest BCUT2D eigenvalue weighted by atomic mass is 10.3. The number of rotatable bonds is 1. The van der Waals surface area contributed by atoms with Gasteiger partial charge in [-0.05, 0) is 6.92 Å². The smallest absolute Gasteiger partial charge is 0.213 e. The first-order valence-electron chi connectivity index (χ1n) is 4.78. The Morgan fingerprint density at radius 1 is 1.41 bits per heavy atom. The number of aromatic hydroxyl groups is 1. The van der Waals surface area contributed by atoms with Gasteiger partial charge in [-0.2, -0.15) is 9.61 Å². The molecule has 0 saturated carbocycles. The Labute approximate surface area is 99.6 Å². The number of hydrogen-bond acceptors (Lipinski definition) is 7. The summed E-state index contributed by atoms with van der Waals surface area (Å²) in [7, 11) is 0. The summed E-state index contributed by atoms with van der Waals surface area (Å²) in [6, 6.07) is 1.56. The summed E-state index contributed by atoms with van der Waals surface area (Å²) in [5.41, 5.74) is 7.02. The standard InChI is InChI=1S/C9H8N6OS/c1-4-13-14-9(17-4)5-2-6(16)15-7(5)8(10)11-3-12-15/h2-3,16H,1H3,(H2,10,11,12). The normalized spacial score (nSPS) is 11.1. The Bertz CT molecular complexity index is 703. The molecule has 0 bridgehead atoms. The van der Waals surface area contributed by atoms with Crippen molar-refractivity contribution in [3.05, 3.63) is 17.4 Å². The van der Waals surface area contributed by atoms with Crippen molar-refractivity contribution in [2.24, 2.45) is 0 Å². The maximum atomic E-state index is 9.76. The van der Waals surface area contributed by atoms with Gasteiger partial charge in [0, 0.05) is 11.6 Å². The zero-order chi connectivity index (χ0) is 12.0. The third kappa shape index (κ3) is 1.41. The summed E-state index contributed by atoms with van der Waals surface area (Å²) in [6.07, 6.45) is 1.29. The van der Waals surface area contributed by atoms with Gasteiger partial charge in [0.25, 0.3) is 0 Å². The molecule has 17 heavy (non-hydrogen) atoms. The van der Waals surface area contributed by atoms with Crippen LogP contribution in [0.4, 0.5) is 5.82 Å². The summed E-state index contributed by atoms with van der Waals surface area (Å²) in [5.74, 6) is 0.292. The molecule has 3 aromatic rings. The quantitative estimate of drug-likeness (QED) is 0.661. The van der Waals surface area contributed by atoms with Gasteiger partial charge in [-0.25, -0.2) is 4.98 Å². The summed E-state index contributed by atoms with van der Waals surface area (Å²) in [6.45, 7) is 1.86. The lowest BCUT2D eigenvalue weighted by molar-refractivity contribution is 0.438. The highest BCUT2D eigenvalue weighted by molar-refractivity contribution is 7.14. The van der Waals surface area contributed by atoms with Crippen LogP contribution in [0.25, 0.3) is 16.1 Å². The van der Waals surface area contributed by atoms with Gasteiger partial charge in [0.15, 0.2) is 5.82 Å². The van der Waals surface area contributed by atoms with E-state index >= 15 is 0 Å². The third-order valence-corrected chi connectivity index (χ3v) is 3.19. The molecule has 0 fully saturated rings. The van der Waals surface area contributed by atoms with Crippen molar-refractivity contribution in [1.29, 1.82) is 0 Å². The highest BCUT2D eigenvalue weighted by atomic mass is 32.1. The molecule has 0 atom stereocenters. The van der Waals surface area contributed by atoms with E-state index in [-0.39, 0.29) is 5.88 Å². The number of fused-ring (bicyclic) bond motifs is 1. The first-order chi connectivity index (χ1) is 8.16. The first-order valence-corrected chi connectivity index (χ1v) is 5.60. The third-order valence-electron chi connectivity index (χ3n) is 2.32. The molecular formula is C9H8N6OS. The SMILES string of the molecule is Cc1nnc(-c2cc(O)n3ncnc(N)c23)s1. The maximum absolute atomic E-state index is 9.76. The number of nitrogen functional groups attached to an aromatic ring is 1. The van der Waals surface area contributed by atoms with Crippen molar-refractivity contribution in [2.75, 3.05) is 5.73 Å². The molecule has 86 valence electrons. The van der Waals surface area contributed by atoms with Crippen molar-refractivity contribution in [1.82, 2.24) is 24.8 Å². The molecule has 7 nitrogen and oxygen atoms in total. The molecule has 0 aliphatic heterocycles. The van der Waals surface area contributed by atoms with E-state index in [1.165, 1.54) is 22.2 Å². The Balaban J connectivity index is 2.37. The van der Waals surface area contributed by atoms with Crippen LogP contribution in [0.3, 0.4) is 0 Å². The molecule has 0 spiro atoms. The molecular weight excluding hydrogens is 240 g/mol. The molecule has 3 N–H and O–H groups in total. The van der Waals surface area contributed by atoms with Gasteiger partial charge >= 0.3 is 0 Å². The van der Waals surface area contributed by atoms with E-state index in [9.17, 15) is 5.11 Å². The minimum atomic E-state index is -0.00282. The van der Waals surface area contributed by atoms with E-state index in [0.29, 0.717) is 21.9 Å². The van der Waals surface area contributed by atoms with Gasteiger partial charge in [0.2, 0.25) is 5.88 Å². The van der Waals surface area contributed by atoms with E-state index in [4.69, 9.17) is 5.73 Å². The van der Waals surface area contributed by atoms with Crippen LogP contribution in [0, 0.1) is 6.92 Å². The second-order valence-corrected chi connectivity index (χ2v) is 4.63. The Kier molecular flexibility index (Phi) is 1.99. The summed E-state index contributed by atoms with van der Waals surface area (Å²) >= 11 is 1.42. The largest absolute Gasteiger partial charge is 0.493 e. The second kappa shape index (κ2) is 3.39. The van der Waals surface area contributed by atoms with Crippen molar-refractivity contribution in [3.8, 4) is 16.5 Å². The van der Waals surface area contributed by atoms with Crippen molar-refractivity contribution in [3.63, 3.8) is 0 Å². The Hall–Kier alpha value is -2.22. The van der Waals surface area contributed by atoms with Crippen LogP contribution in [0.2, 0.25) is 0 Å². The zero-order valence-electron chi connectivity index (χ0n) is 8.82. The molecule has 3 aromatic heterocycles. The van der Waals surface area contributed by atoms with Gasteiger partial charge in [-0.15, -0.1) is 10.2 Å². The van der Waals surface area contributed by atoms with Crippen LogP contribution in [0.15, 0.2) is 12.4 Å². The summed E-state index contributed by atoms with van der Waals surface area (Å²) in [5, 5.41) is 23.2. The van der Waals surface area contributed by atoms with Crippen LogP contribution in [0.5, 0.6) is 5.88 Å². The number of hydrogen-bond donors (Lipinski definition) is 2. The lowest BCUT2D eigenvalue weighted by Crippen LogP contribution is -1.98. The van der Waals surface area contributed by atoms with Crippen LogP contribution in [-0.4, -0.2) is 29.9 Å². The van der Waals surface area contributed by atoms with Gasteiger partial charge < -0.3 is 10.8 Å². The van der Waals surface area contributed by atoms with Crippen LogP contribution in [-0.2, 0) is 0 Å². The Morgan fingerprint density at radius 3 is 2.94 bits per heavy atom. The number of aromatic nitrogens is 5. The molecule has 0 aliphatic rings. The van der Waals surface area contributed by atoms with Crippen molar-refractivity contribution < 1.29 is 5.11 Å². The van der Waals surface area contributed by atoms with Crippen LogP contribution >= 0.6 is 11.3 Å². The van der Waals surface area contributed by atoms with E-state index in [2.05, 4.69) is 20.3 Å². The topological polar surface area (TPSA) is 102 Å². The molecule has 0 aromatic carbocycles. The molecule has 3 rings (SSSR count). The molecule has 0 aliphatic carbocycles. The highest BCUT2D eigenvalue weighted by Gasteiger charge is 2.17. The fraction of sp³-hybridized carbons (Fsp3) is 0.111. The maximum Gasteiger partial charge on any atom is 0.213 e. The van der Waals surface area contributed by atoms with Crippen LogP contribution < -0.4 is 5.73 Å². The van der Waals surface area contributed by atoms with E-state index in [1.807, 2.05) is 6.92 Å². The lowest BCUT2D eigenvalue weighted by Gasteiger charge is -1.98. The average molecular weight is 248 g/mol. The second-order valence-electron chi connectivity index (χ2n) is 3.45. The minimum absolute atomic E-state index is 0.00282.